The number of amides is 2. The Hall–Kier alpha value is -2.84. The van der Waals surface area contributed by atoms with Gasteiger partial charge in [-0.05, 0) is 17.4 Å². The van der Waals surface area contributed by atoms with Crippen LogP contribution in [0.3, 0.4) is 0 Å². The van der Waals surface area contributed by atoms with E-state index in [0.29, 0.717) is 10.6 Å². The number of carbonyl (C=O) groups excluding carboxylic acids is 2. The van der Waals surface area contributed by atoms with Gasteiger partial charge in [0.1, 0.15) is 29.0 Å². The van der Waals surface area contributed by atoms with E-state index in [4.69, 9.17) is 0 Å². The topological polar surface area (TPSA) is 95.7 Å². The Labute approximate surface area is 197 Å². The van der Waals surface area contributed by atoms with Crippen LogP contribution in [0.25, 0.3) is 5.57 Å². The van der Waals surface area contributed by atoms with E-state index in [9.17, 15) is 36.6 Å². The monoisotopic (exact) mass is 522 g/mol. The molecular formula is C20H19F5N4O3S2. The Morgan fingerprint density at radius 1 is 1.18 bits per heavy atom. The molecule has 14 heteroatoms. The van der Waals surface area contributed by atoms with Gasteiger partial charge in [0.05, 0.1) is 17.7 Å². The Kier molecular flexibility index (Phi) is 7.73. The Balaban J connectivity index is 1.99. The summed E-state index contributed by atoms with van der Waals surface area (Å²) < 4.78 is 68.7. The second-order valence-electron chi connectivity index (χ2n) is 7.02. The molecule has 184 valence electrons. The van der Waals surface area contributed by atoms with E-state index in [1.165, 1.54) is 23.8 Å². The highest BCUT2D eigenvalue weighted by Gasteiger charge is 2.43. The van der Waals surface area contributed by atoms with Gasteiger partial charge in [-0.2, -0.15) is 18.2 Å². The fourth-order valence-corrected chi connectivity index (χ4v) is 5.29. The van der Waals surface area contributed by atoms with Crippen molar-refractivity contribution in [1.29, 1.82) is 0 Å². The van der Waals surface area contributed by atoms with E-state index in [0.717, 1.165) is 15.9 Å². The van der Waals surface area contributed by atoms with Crippen molar-refractivity contribution in [3.05, 3.63) is 49.6 Å². The van der Waals surface area contributed by atoms with Crippen molar-refractivity contribution in [2.75, 3.05) is 19.4 Å². The zero-order valence-electron chi connectivity index (χ0n) is 17.8. The van der Waals surface area contributed by atoms with Gasteiger partial charge in [-0.3, -0.25) is 14.2 Å². The van der Waals surface area contributed by atoms with Gasteiger partial charge < -0.3 is 15.7 Å². The molecule has 0 aliphatic heterocycles. The molecule has 0 radical (unpaired) electrons. The number of hydrogen-bond acceptors (Lipinski definition) is 6. The zero-order chi connectivity index (χ0) is 25.2. The van der Waals surface area contributed by atoms with E-state index in [1.807, 2.05) is 0 Å². The van der Waals surface area contributed by atoms with Crippen LogP contribution in [-0.4, -0.2) is 41.8 Å². The summed E-state index contributed by atoms with van der Waals surface area (Å²) in [5.74, 6) is -4.45. The van der Waals surface area contributed by atoms with Gasteiger partial charge in [0, 0.05) is 31.5 Å². The standard InChI is InChI=1S/C20H19F5N4O3S2/c1-26-17(32)14-9(6-33-18(14)27-2)5-13(31)28-19-29(8-30)12(7-34-19)10-3-4-11(21)15(16(10)22)20(23,24)25/h6-7,27,30H,3-5,8H2,1-2H3,(H,26,32). The van der Waals surface area contributed by atoms with Crippen molar-refractivity contribution < 1.29 is 36.6 Å². The second-order valence-corrected chi connectivity index (χ2v) is 8.74. The fraction of sp³-hybridized carbons (Fsp3) is 0.350. The minimum Gasteiger partial charge on any atom is -0.379 e. The molecule has 0 atom stereocenters. The van der Waals surface area contributed by atoms with Gasteiger partial charge in [-0.25, -0.2) is 8.78 Å². The van der Waals surface area contributed by atoms with Crippen LogP contribution in [0.5, 0.6) is 0 Å². The van der Waals surface area contributed by atoms with E-state index < -0.39 is 53.9 Å². The number of aliphatic hydroxyl groups excluding tert-OH is 1. The summed E-state index contributed by atoms with van der Waals surface area (Å²) in [7, 11) is 3.06. The fourth-order valence-electron chi connectivity index (χ4n) is 3.45. The summed E-state index contributed by atoms with van der Waals surface area (Å²) in [4.78, 5) is 28.6. The van der Waals surface area contributed by atoms with E-state index in [2.05, 4.69) is 15.6 Å². The molecular weight excluding hydrogens is 503 g/mol. The first-order valence-electron chi connectivity index (χ1n) is 9.75. The number of thiazole rings is 1. The number of nitrogens with zero attached hydrogens (tertiary/aromatic N) is 2. The predicted octanol–water partition coefficient (Wildman–Crippen LogP) is 3.89. The molecule has 0 bridgehead atoms. The number of anilines is 1. The van der Waals surface area contributed by atoms with Gasteiger partial charge >= 0.3 is 6.18 Å². The zero-order valence-corrected chi connectivity index (χ0v) is 19.5. The quantitative estimate of drug-likeness (QED) is 0.502. The molecule has 2 aromatic rings. The maximum absolute atomic E-state index is 14.6. The lowest BCUT2D eigenvalue weighted by molar-refractivity contribution is -0.117. The van der Waals surface area contributed by atoms with Gasteiger partial charge in [-0.15, -0.1) is 22.7 Å². The number of rotatable bonds is 6. The summed E-state index contributed by atoms with van der Waals surface area (Å²) in [6, 6.07) is 0. The number of nitrogens with one attached hydrogen (secondary N) is 2. The summed E-state index contributed by atoms with van der Waals surface area (Å²) in [5, 5.41) is 18.5. The Morgan fingerprint density at radius 3 is 2.47 bits per heavy atom. The largest absolute Gasteiger partial charge is 0.421 e. The minimum absolute atomic E-state index is 0.0862. The van der Waals surface area contributed by atoms with E-state index in [-0.39, 0.29) is 28.9 Å². The highest BCUT2D eigenvalue weighted by molar-refractivity contribution is 7.14. The van der Waals surface area contributed by atoms with Crippen LogP contribution in [0.4, 0.5) is 27.0 Å². The number of alkyl halides is 3. The second kappa shape index (κ2) is 10.2. The molecule has 7 nitrogen and oxygen atoms in total. The molecule has 0 saturated carbocycles. The molecule has 0 spiro atoms. The van der Waals surface area contributed by atoms with Gasteiger partial charge in [0.25, 0.3) is 11.8 Å². The number of thiophene rings is 1. The summed E-state index contributed by atoms with van der Waals surface area (Å²) in [6.07, 6.45) is -6.50. The maximum Gasteiger partial charge on any atom is 0.421 e. The lowest BCUT2D eigenvalue weighted by atomic mass is 9.95. The third-order valence-corrected chi connectivity index (χ3v) is 6.90. The summed E-state index contributed by atoms with van der Waals surface area (Å²) in [5.41, 5.74) is -1.86. The maximum atomic E-state index is 14.6. The van der Waals surface area contributed by atoms with Crippen molar-refractivity contribution in [2.45, 2.75) is 32.2 Å². The van der Waals surface area contributed by atoms with Gasteiger partial charge in [-0.1, -0.05) is 0 Å². The minimum atomic E-state index is -5.22. The Bertz CT molecular complexity index is 1250. The van der Waals surface area contributed by atoms with Gasteiger partial charge in [0.2, 0.25) is 0 Å². The lowest BCUT2D eigenvalue weighted by Crippen LogP contribution is -2.22. The van der Waals surface area contributed by atoms with Crippen molar-refractivity contribution in [1.82, 2.24) is 9.88 Å². The van der Waals surface area contributed by atoms with Crippen molar-refractivity contribution in [3.8, 4) is 0 Å². The lowest BCUT2D eigenvalue weighted by Gasteiger charge is -2.20. The third kappa shape index (κ3) is 4.98. The molecule has 1 aliphatic carbocycles. The van der Waals surface area contributed by atoms with E-state index >= 15 is 0 Å². The first-order valence-corrected chi connectivity index (χ1v) is 11.5. The van der Waals surface area contributed by atoms with E-state index in [1.54, 1.807) is 12.4 Å². The first kappa shape index (κ1) is 25.8. The summed E-state index contributed by atoms with van der Waals surface area (Å²) in [6.45, 7) is -0.804. The van der Waals surface area contributed by atoms with Crippen LogP contribution in [0.1, 0.15) is 34.5 Å². The normalized spacial score (nSPS) is 15.2. The molecule has 0 unspecified atom stereocenters. The molecule has 3 rings (SSSR count). The van der Waals surface area contributed by atoms with Crippen LogP contribution >= 0.6 is 22.7 Å². The van der Waals surface area contributed by atoms with Crippen LogP contribution in [-0.2, 0) is 17.9 Å². The molecule has 2 aromatic heterocycles. The molecule has 3 N–H and O–H groups in total. The number of hydrogen-bond donors (Lipinski definition) is 3. The van der Waals surface area contributed by atoms with Gasteiger partial charge in [0.15, 0.2) is 4.80 Å². The van der Waals surface area contributed by atoms with Crippen molar-refractivity contribution >= 4 is 45.1 Å². The average molecular weight is 523 g/mol. The molecule has 0 fully saturated rings. The smallest absolute Gasteiger partial charge is 0.379 e. The number of aromatic nitrogens is 1. The SMILES string of the molecule is CNC(=O)c1c(CC(=O)N=c2scc(C3=C(F)C(C(F)(F)F)=C(F)CC3)n2CO)csc1NC. The molecule has 2 heterocycles. The molecule has 2 amide bonds. The van der Waals surface area contributed by atoms with Crippen LogP contribution in [0, 0.1) is 0 Å². The van der Waals surface area contributed by atoms with Crippen molar-refractivity contribution in [3.63, 3.8) is 0 Å². The number of halogens is 5. The molecule has 0 aromatic carbocycles. The number of allylic oxidation sites excluding steroid dienone is 4. The first-order chi connectivity index (χ1) is 16.0. The molecule has 1 aliphatic rings. The number of carbonyl (C=O) groups is 2. The third-order valence-electron chi connectivity index (χ3n) is 4.99. The average Bonchev–Trinajstić information content (AvgIpc) is 3.35. The van der Waals surface area contributed by atoms with Crippen molar-refractivity contribution in [2.24, 2.45) is 4.99 Å². The predicted molar refractivity (Wildman–Crippen MR) is 118 cm³/mol. The highest BCUT2D eigenvalue weighted by Crippen LogP contribution is 2.44. The summed E-state index contributed by atoms with van der Waals surface area (Å²) >= 11 is 2.02. The number of aliphatic hydroxyl groups is 1. The Morgan fingerprint density at radius 2 is 1.88 bits per heavy atom. The van der Waals surface area contributed by atoms with Crippen LogP contribution < -0.4 is 15.4 Å². The van der Waals surface area contributed by atoms with Crippen LogP contribution in [0.15, 0.2) is 33.0 Å². The molecule has 0 saturated heterocycles. The molecule has 34 heavy (non-hydrogen) atoms. The highest BCUT2D eigenvalue weighted by atomic mass is 32.1. The van der Waals surface area contributed by atoms with Crippen LogP contribution in [0.2, 0.25) is 0 Å².